The van der Waals surface area contributed by atoms with Gasteiger partial charge in [-0.2, -0.15) is 0 Å². The fourth-order valence-corrected chi connectivity index (χ4v) is 2.29. The van der Waals surface area contributed by atoms with Crippen LogP contribution in [0.2, 0.25) is 0 Å². The Hall–Kier alpha value is -1.55. The van der Waals surface area contributed by atoms with E-state index in [0.29, 0.717) is 18.2 Å². The molecule has 1 aromatic rings. The molecule has 1 aliphatic rings. The summed E-state index contributed by atoms with van der Waals surface area (Å²) >= 11 is 0. The molecule has 1 fully saturated rings. The molecule has 0 radical (unpaired) electrons. The van der Waals surface area contributed by atoms with Crippen molar-refractivity contribution in [1.82, 2.24) is 4.90 Å². The summed E-state index contributed by atoms with van der Waals surface area (Å²) in [7, 11) is 0. The quantitative estimate of drug-likeness (QED) is 0.773. The van der Waals surface area contributed by atoms with Gasteiger partial charge in [0, 0.05) is 30.4 Å². The molecule has 1 aromatic carbocycles. The Bertz CT molecular complexity index is 455. The van der Waals surface area contributed by atoms with E-state index in [0.717, 1.165) is 24.3 Å². The highest BCUT2D eigenvalue weighted by molar-refractivity contribution is 5.92. The number of anilines is 2. The average Bonchev–Trinajstić information content (AvgIpc) is 3.20. The predicted molar refractivity (Wildman–Crippen MR) is 79.1 cm³/mol. The molecule has 19 heavy (non-hydrogen) atoms. The van der Waals surface area contributed by atoms with Crippen molar-refractivity contribution in [2.75, 3.05) is 24.1 Å². The maximum Gasteiger partial charge on any atom is 0.225 e. The molecule has 104 valence electrons. The van der Waals surface area contributed by atoms with Crippen LogP contribution in [0.5, 0.6) is 0 Å². The lowest BCUT2D eigenvalue weighted by Gasteiger charge is -2.19. The second-order valence-corrected chi connectivity index (χ2v) is 5.18. The second kappa shape index (κ2) is 6.06. The van der Waals surface area contributed by atoms with E-state index in [-0.39, 0.29) is 5.91 Å². The number of nitrogens with one attached hydrogen (secondary N) is 1. The molecule has 3 N–H and O–H groups in total. The third-order valence-electron chi connectivity index (χ3n) is 3.75. The van der Waals surface area contributed by atoms with E-state index in [1.165, 1.54) is 12.8 Å². The molecule has 0 heterocycles. The SMILES string of the molecule is CCN(CCC(=O)Nc1cccc(N)c1C)C1CC1. The molecule has 4 heteroatoms. The van der Waals surface area contributed by atoms with Crippen LogP contribution in [0.1, 0.15) is 31.7 Å². The smallest absolute Gasteiger partial charge is 0.225 e. The molecule has 4 nitrogen and oxygen atoms in total. The van der Waals surface area contributed by atoms with Crippen LogP contribution in [0, 0.1) is 6.92 Å². The first-order valence-electron chi connectivity index (χ1n) is 7.00. The highest BCUT2D eigenvalue weighted by Crippen LogP contribution is 2.26. The number of nitrogens with two attached hydrogens (primary N) is 1. The standard InChI is InChI=1S/C15H23N3O/c1-3-18(12-7-8-12)10-9-15(19)17-14-6-4-5-13(16)11(14)2/h4-6,12H,3,7-10,16H2,1-2H3,(H,17,19). The number of hydrogen-bond acceptors (Lipinski definition) is 3. The minimum Gasteiger partial charge on any atom is -0.398 e. The van der Waals surface area contributed by atoms with Gasteiger partial charge in [-0.05, 0) is 44.0 Å². The van der Waals surface area contributed by atoms with Gasteiger partial charge in [-0.25, -0.2) is 0 Å². The van der Waals surface area contributed by atoms with Crippen LogP contribution in [-0.2, 0) is 4.79 Å². The van der Waals surface area contributed by atoms with E-state index < -0.39 is 0 Å². The van der Waals surface area contributed by atoms with E-state index >= 15 is 0 Å². The molecule has 0 aliphatic heterocycles. The maximum atomic E-state index is 12.0. The van der Waals surface area contributed by atoms with Crippen molar-refractivity contribution in [1.29, 1.82) is 0 Å². The summed E-state index contributed by atoms with van der Waals surface area (Å²) in [6, 6.07) is 6.31. The second-order valence-electron chi connectivity index (χ2n) is 5.18. The van der Waals surface area contributed by atoms with Crippen molar-refractivity contribution < 1.29 is 4.79 Å². The third kappa shape index (κ3) is 3.70. The Labute approximate surface area is 115 Å². The Morgan fingerprint density at radius 2 is 2.21 bits per heavy atom. The van der Waals surface area contributed by atoms with Crippen molar-refractivity contribution in [3.63, 3.8) is 0 Å². The van der Waals surface area contributed by atoms with Gasteiger partial charge in [-0.15, -0.1) is 0 Å². The van der Waals surface area contributed by atoms with E-state index in [2.05, 4.69) is 17.1 Å². The monoisotopic (exact) mass is 261 g/mol. The highest BCUT2D eigenvalue weighted by atomic mass is 16.1. The minimum atomic E-state index is 0.0628. The number of benzene rings is 1. The Morgan fingerprint density at radius 1 is 1.47 bits per heavy atom. The summed E-state index contributed by atoms with van der Waals surface area (Å²) in [4.78, 5) is 14.3. The Morgan fingerprint density at radius 3 is 2.84 bits per heavy atom. The van der Waals surface area contributed by atoms with Gasteiger partial charge in [-0.1, -0.05) is 13.0 Å². The molecule has 0 saturated heterocycles. The number of amides is 1. The number of nitrogens with zero attached hydrogens (tertiary/aromatic N) is 1. The van der Waals surface area contributed by atoms with E-state index in [4.69, 9.17) is 5.73 Å². The molecule has 2 rings (SSSR count). The summed E-state index contributed by atoms with van der Waals surface area (Å²) in [6.45, 7) is 5.94. The number of rotatable bonds is 6. The lowest BCUT2D eigenvalue weighted by molar-refractivity contribution is -0.116. The van der Waals surface area contributed by atoms with Gasteiger partial charge in [0.1, 0.15) is 0 Å². The van der Waals surface area contributed by atoms with Gasteiger partial charge in [0.2, 0.25) is 5.91 Å². The first-order valence-corrected chi connectivity index (χ1v) is 7.00. The van der Waals surface area contributed by atoms with E-state index in [1.807, 2.05) is 25.1 Å². The largest absolute Gasteiger partial charge is 0.398 e. The van der Waals surface area contributed by atoms with Gasteiger partial charge in [0.05, 0.1) is 0 Å². The van der Waals surface area contributed by atoms with Crippen LogP contribution >= 0.6 is 0 Å². The van der Waals surface area contributed by atoms with Gasteiger partial charge >= 0.3 is 0 Å². The van der Waals surface area contributed by atoms with Crippen molar-refractivity contribution in [3.05, 3.63) is 23.8 Å². The number of carbonyl (C=O) groups excluding carboxylic acids is 1. The molecule has 0 aromatic heterocycles. The fraction of sp³-hybridized carbons (Fsp3) is 0.533. The molecular formula is C15H23N3O. The third-order valence-corrected chi connectivity index (χ3v) is 3.75. The first kappa shape index (κ1) is 13.9. The number of hydrogen-bond donors (Lipinski definition) is 2. The van der Waals surface area contributed by atoms with E-state index in [9.17, 15) is 4.79 Å². The van der Waals surface area contributed by atoms with Crippen LogP contribution in [-0.4, -0.2) is 29.9 Å². The Kier molecular flexibility index (Phi) is 4.43. The summed E-state index contributed by atoms with van der Waals surface area (Å²) in [5.41, 5.74) is 8.30. The van der Waals surface area contributed by atoms with Gasteiger partial charge in [0.25, 0.3) is 0 Å². The van der Waals surface area contributed by atoms with Crippen molar-refractivity contribution in [2.24, 2.45) is 0 Å². The first-order chi connectivity index (χ1) is 9.11. The van der Waals surface area contributed by atoms with Crippen LogP contribution < -0.4 is 11.1 Å². The topological polar surface area (TPSA) is 58.4 Å². The van der Waals surface area contributed by atoms with Gasteiger partial charge < -0.3 is 16.0 Å². The zero-order chi connectivity index (χ0) is 13.8. The average molecular weight is 261 g/mol. The van der Waals surface area contributed by atoms with Crippen molar-refractivity contribution in [3.8, 4) is 0 Å². The summed E-state index contributed by atoms with van der Waals surface area (Å²) in [6.07, 6.45) is 3.10. The molecular weight excluding hydrogens is 238 g/mol. The molecule has 0 spiro atoms. The minimum absolute atomic E-state index is 0.0628. The maximum absolute atomic E-state index is 12.0. The molecule has 1 saturated carbocycles. The summed E-state index contributed by atoms with van der Waals surface area (Å²) in [5.74, 6) is 0.0628. The number of nitrogen functional groups attached to an aromatic ring is 1. The molecule has 1 aliphatic carbocycles. The highest BCUT2D eigenvalue weighted by Gasteiger charge is 2.27. The van der Waals surface area contributed by atoms with Gasteiger partial charge in [-0.3, -0.25) is 4.79 Å². The van der Waals surface area contributed by atoms with Crippen molar-refractivity contribution in [2.45, 2.75) is 39.2 Å². The normalized spacial score (nSPS) is 14.7. The lowest BCUT2D eigenvalue weighted by atomic mass is 10.1. The number of carbonyl (C=O) groups is 1. The Balaban J connectivity index is 1.85. The van der Waals surface area contributed by atoms with E-state index in [1.54, 1.807) is 0 Å². The zero-order valence-electron chi connectivity index (χ0n) is 11.8. The predicted octanol–water partition coefficient (Wildman–Crippen LogP) is 2.39. The molecule has 0 unspecified atom stereocenters. The molecule has 1 amide bonds. The van der Waals surface area contributed by atoms with Crippen LogP contribution in [0.4, 0.5) is 11.4 Å². The zero-order valence-corrected chi connectivity index (χ0v) is 11.8. The summed E-state index contributed by atoms with van der Waals surface area (Å²) in [5, 5.41) is 2.94. The van der Waals surface area contributed by atoms with Crippen LogP contribution in [0.3, 0.4) is 0 Å². The molecule has 0 atom stereocenters. The fourth-order valence-electron chi connectivity index (χ4n) is 2.29. The van der Waals surface area contributed by atoms with Crippen molar-refractivity contribution >= 4 is 17.3 Å². The van der Waals surface area contributed by atoms with Gasteiger partial charge in [0.15, 0.2) is 0 Å². The van der Waals surface area contributed by atoms with Crippen LogP contribution in [0.15, 0.2) is 18.2 Å². The van der Waals surface area contributed by atoms with Crippen LogP contribution in [0.25, 0.3) is 0 Å². The summed E-state index contributed by atoms with van der Waals surface area (Å²) < 4.78 is 0. The lowest BCUT2D eigenvalue weighted by Crippen LogP contribution is -2.29. The molecule has 0 bridgehead atoms.